The Morgan fingerprint density at radius 1 is 1.55 bits per heavy atom. The number of aromatic nitrogens is 2. The molecule has 0 atom stereocenters. The van der Waals surface area contributed by atoms with Crippen molar-refractivity contribution in [3.8, 4) is 0 Å². The smallest absolute Gasteiger partial charge is 0.202 e. The fraction of sp³-hybridized carbons (Fsp3) is 0. The number of imidazole rings is 1. The molecule has 11 heavy (non-hydrogen) atoms. The Morgan fingerprint density at radius 2 is 2.36 bits per heavy atom. The first-order chi connectivity index (χ1) is 5.27. The van der Waals surface area contributed by atoms with Gasteiger partial charge in [0.05, 0.1) is 12.0 Å². The van der Waals surface area contributed by atoms with Crippen LogP contribution in [0.4, 0.5) is 5.82 Å². The zero-order valence-electron chi connectivity index (χ0n) is 5.56. The molecule has 5 heteroatoms. The van der Waals surface area contributed by atoms with E-state index in [9.17, 15) is 0 Å². The second kappa shape index (κ2) is 2.10. The van der Waals surface area contributed by atoms with Crippen molar-refractivity contribution in [3.05, 3.63) is 18.6 Å². The molecule has 0 aromatic carbocycles. The van der Waals surface area contributed by atoms with Gasteiger partial charge >= 0.3 is 0 Å². The van der Waals surface area contributed by atoms with Gasteiger partial charge in [0.1, 0.15) is 5.69 Å². The van der Waals surface area contributed by atoms with Crippen LogP contribution in [-0.2, 0) is 0 Å². The van der Waals surface area contributed by atoms with Crippen molar-refractivity contribution in [2.24, 2.45) is 4.99 Å². The van der Waals surface area contributed by atoms with Gasteiger partial charge in [-0.05, 0) is 11.6 Å². The van der Waals surface area contributed by atoms with Crippen molar-refractivity contribution in [3.63, 3.8) is 0 Å². The summed E-state index contributed by atoms with van der Waals surface area (Å²) in [5.74, 6) is 0.582. The van der Waals surface area contributed by atoms with E-state index in [0.717, 1.165) is 5.69 Å². The van der Waals surface area contributed by atoms with Crippen molar-refractivity contribution in [1.29, 1.82) is 0 Å². The maximum absolute atomic E-state index is 5.62. The molecule has 0 radical (unpaired) electrons. The first-order valence-electron chi connectivity index (χ1n) is 3.01. The second-order valence-corrected chi connectivity index (χ2v) is 2.47. The number of aromatic amines is 1. The van der Waals surface area contributed by atoms with Gasteiger partial charge in [-0.3, -0.25) is 0 Å². The van der Waals surface area contributed by atoms with Crippen LogP contribution in [0, 0.1) is 0 Å². The summed E-state index contributed by atoms with van der Waals surface area (Å²) in [6.07, 6.45) is 1.55. The van der Waals surface area contributed by atoms with Gasteiger partial charge in [-0.2, -0.15) is 4.99 Å². The number of halogens is 1. The average Bonchev–Trinajstić information content (AvgIpc) is 2.34. The monoisotopic (exact) mass is 168 g/mol. The van der Waals surface area contributed by atoms with Crippen LogP contribution in [0.1, 0.15) is 5.69 Å². The predicted octanol–water partition coefficient (Wildman–Crippen LogP) is 1.21. The molecule has 1 aliphatic heterocycles. The molecule has 1 aromatic heterocycles. The van der Waals surface area contributed by atoms with Gasteiger partial charge in [0.25, 0.3) is 0 Å². The zero-order chi connectivity index (χ0) is 7.84. The molecule has 0 saturated carbocycles. The van der Waals surface area contributed by atoms with E-state index < -0.39 is 0 Å². The number of hydrogen-bond donors (Lipinski definition) is 2. The Balaban J connectivity index is 2.60. The molecule has 0 aliphatic carbocycles. The molecular weight excluding hydrogens is 164 g/mol. The SMILES string of the molecule is C=C1NC(Cl)=Nc2nc[nH]c21. The molecule has 1 aliphatic rings. The number of H-pyrrole nitrogens is 1. The minimum atomic E-state index is 0.301. The largest absolute Gasteiger partial charge is 0.342 e. The van der Waals surface area contributed by atoms with Crippen molar-refractivity contribution in [2.45, 2.75) is 0 Å². The van der Waals surface area contributed by atoms with Gasteiger partial charge in [0.15, 0.2) is 5.82 Å². The normalized spacial score (nSPS) is 15.4. The number of fused-ring (bicyclic) bond motifs is 1. The van der Waals surface area contributed by atoms with Crippen molar-refractivity contribution < 1.29 is 0 Å². The number of aliphatic imine (C=N–C) groups is 1. The Hall–Kier alpha value is -1.29. The van der Waals surface area contributed by atoms with E-state index in [1.807, 2.05) is 0 Å². The molecular formula is C6H5ClN4. The Labute approximate surface area is 68.0 Å². The summed E-state index contributed by atoms with van der Waals surface area (Å²) in [6, 6.07) is 0. The minimum absolute atomic E-state index is 0.301. The van der Waals surface area contributed by atoms with Crippen LogP contribution in [-0.4, -0.2) is 15.3 Å². The second-order valence-electron chi connectivity index (χ2n) is 2.11. The van der Waals surface area contributed by atoms with Gasteiger partial charge in [0.2, 0.25) is 5.29 Å². The lowest BCUT2D eigenvalue weighted by atomic mass is 10.3. The predicted molar refractivity (Wildman–Crippen MR) is 43.7 cm³/mol. The third-order valence-corrected chi connectivity index (χ3v) is 1.56. The highest BCUT2D eigenvalue weighted by Crippen LogP contribution is 2.23. The molecule has 2 heterocycles. The molecule has 0 fully saturated rings. The van der Waals surface area contributed by atoms with Crippen molar-refractivity contribution in [2.75, 3.05) is 0 Å². The van der Waals surface area contributed by atoms with E-state index >= 15 is 0 Å². The van der Waals surface area contributed by atoms with Crippen LogP contribution in [0.5, 0.6) is 0 Å². The van der Waals surface area contributed by atoms with E-state index in [0.29, 0.717) is 16.8 Å². The van der Waals surface area contributed by atoms with Crippen LogP contribution in [0.3, 0.4) is 0 Å². The quantitative estimate of drug-likeness (QED) is 0.572. The number of amidine groups is 1. The van der Waals surface area contributed by atoms with E-state index in [1.54, 1.807) is 6.33 Å². The lowest BCUT2D eigenvalue weighted by molar-refractivity contribution is 1.20. The number of rotatable bonds is 0. The number of nitrogens with one attached hydrogen (secondary N) is 2. The Kier molecular flexibility index (Phi) is 1.22. The molecule has 0 amide bonds. The summed E-state index contributed by atoms with van der Waals surface area (Å²) in [7, 11) is 0. The maximum Gasteiger partial charge on any atom is 0.202 e. The molecule has 0 unspecified atom stereocenters. The van der Waals surface area contributed by atoms with Gasteiger partial charge < -0.3 is 10.3 Å². The van der Waals surface area contributed by atoms with Crippen LogP contribution in [0.15, 0.2) is 17.9 Å². The summed E-state index contributed by atoms with van der Waals surface area (Å²) < 4.78 is 0. The third-order valence-electron chi connectivity index (χ3n) is 1.38. The molecule has 2 N–H and O–H groups in total. The van der Waals surface area contributed by atoms with Crippen LogP contribution in [0.2, 0.25) is 0 Å². The molecule has 0 saturated heterocycles. The molecule has 1 aromatic rings. The zero-order valence-corrected chi connectivity index (χ0v) is 6.31. The molecule has 0 bridgehead atoms. The maximum atomic E-state index is 5.62. The lowest BCUT2D eigenvalue weighted by Gasteiger charge is -2.10. The summed E-state index contributed by atoms with van der Waals surface area (Å²) in [6.45, 7) is 3.73. The highest BCUT2D eigenvalue weighted by molar-refractivity contribution is 6.65. The fourth-order valence-corrected chi connectivity index (χ4v) is 1.10. The van der Waals surface area contributed by atoms with E-state index in [1.165, 1.54) is 0 Å². The van der Waals surface area contributed by atoms with Gasteiger partial charge in [0, 0.05) is 0 Å². The minimum Gasteiger partial charge on any atom is -0.342 e. The van der Waals surface area contributed by atoms with Gasteiger partial charge in [-0.1, -0.05) is 6.58 Å². The summed E-state index contributed by atoms with van der Waals surface area (Å²) in [5, 5.41) is 3.07. The topological polar surface area (TPSA) is 53.1 Å². The number of nitrogens with zero attached hydrogens (tertiary/aromatic N) is 2. The van der Waals surface area contributed by atoms with Crippen molar-refractivity contribution in [1.82, 2.24) is 15.3 Å². The van der Waals surface area contributed by atoms with Crippen LogP contribution < -0.4 is 5.32 Å². The highest BCUT2D eigenvalue weighted by Gasteiger charge is 2.14. The first-order valence-corrected chi connectivity index (χ1v) is 3.39. The molecule has 56 valence electrons. The first kappa shape index (κ1) is 6.42. The Morgan fingerprint density at radius 3 is 3.18 bits per heavy atom. The average molecular weight is 169 g/mol. The third kappa shape index (κ3) is 0.914. The summed E-state index contributed by atoms with van der Waals surface area (Å²) in [4.78, 5) is 10.7. The summed E-state index contributed by atoms with van der Waals surface area (Å²) >= 11 is 5.62. The standard InChI is InChI=1S/C6H5ClN4/c1-3-4-5(9-2-8-4)11-6(7)10-3/h2H,1H2,(H,8,9)(H,10,11). The van der Waals surface area contributed by atoms with Crippen LogP contribution >= 0.6 is 11.6 Å². The molecule has 2 rings (SSSR count). The van der Waals surface area contributed by atoms with Crippen LogP contribution in [0.25, 0.3) is 5.70 Å². The fourth-order valence-electron chi connectivity index (χ4n) is 0.902. The Bertz CT molecular complexity index is 338. The molecule has 4 nitrogen and oxygen atoms in total. The van der Waals surface area contributed by atoms with E-state index in [2.05, 4.69) is 26.9 Å². The van der Waals surface area contributed by atoms with E-state index in [-0.39, 0.29) is 0 Å². The molecule has 0 spiro atoms. The lowest BCUT2D eigenvalue weighted by Crippen LogP contribution is -2.19. The summed E-state index contributed by atoms with van der Waals surface area (Å²) in [5.41, 5.74) is 1.48. The van der Waals surface area contributed by atoms with Gasteiger partial charge in [-0.15, -0.1) is 0 Å². The highest BCUT2D eigenvalue weighted by atomic mass is 35.5. The van der Waals surface area contributed by atoms with Gasteiger partial charge in [-0.25, -0.2) is 4.98 Å². The number of hydrogen-bond acceptors (Lipinski definition) is 3. The van der Waals surface area contributed by atoms with Crippen molar-refractivity contribution >= 4 is 28.4 Å². The van der Waals surface area contributed by atoms with E-state index in [4.69, 9.17) is 11.6 Å².